The van der Waals surface area contributed by atoms with Gasteiger partial charge in [-0.15, -0.1) is 0 Å². The molecule has 0 fully saturated rings. The number of benzene rings is 1. The van der Waals surface area contributed by atoms with E-state index in [4.69, 9.17) is 0 Å². The molecule has 0 N–H and O–H groups in total. The number of rotatable bonds is 2. The second-order valence-corrected chi connectivity index (χ2v) is 3.70. The van der Waals surface area contributed by atoms with E-state index in [0.29, 0.717) is 46.9 Å². The van der Waals surface area contributed by atoms with Crippen molar-refractivity contribution in [1.29, 1.82) is 0 Å². The molecule has 0 aliphatic heterocycles. The van der Waals surface area contributed by atoms with E-state index in [9.17, 15) is 9.59 Å². The van der Waals surface area contributed by atoms with Crippen LogP contribution in [0.4, 0.5) is 0 Å². The van der Waals surface area contributed by atoms with E-state index in [-0.39, 0.29) is 11.1 Å². The minimum absolute atomic E-state index is 0.263. The van der Waals surface area contributed by atoms with E-state index in [0.717, 1.165) is 0 Å². The maximum atomic E-state index is 11.3. The van der Waals surface area contributed by atoms with Crippen molar-refractivity contribution < 1.29 is 15.6 Å². The molecule has 0 heterocycles. The van der Waals surface area contributed by atoms with Gasteiger partial charge in [-0.25, -0.2) is 0 Å². The summed E-state index contributed by atoms with van der Waals surface area (Å²) in [6, 6.07) is 6.45. The summed E-state index contributed by atoms with van der Waals surface area (Å²) >= 11 is 0.742. The molecule has 0 amide bonds. The molecule has 0 aliphatic carbocycles. The second-order valence-electron chi connectivity index (χ2n) is 2.36. The fourth-order valence-electron chi connectivity index (χ4n) is 0.966. The average Bonchev–Trinajstić information content (AvgIpc) is 2.27. The molecule has 1 aromatic rings. The molecule has 0 saturated carbocycles. The molecule has 0 saturated heterocycles. The van der Waals surface area contributed by atoms with Gasteiger partial charge in [0.05, 0.1) is 0 Å². The van der Waals surface area contributed by atoms with Gasteiger partial charge >= 0.3 is 110 Å². The molecule has 0 unspecified atom stereocenters. The van der Waals surface area contributed by atoms with Crippen LogP contribution in [0.15, 0.2) is 24.3 Å². The van der Waals surface area contributed by atoms with Gasteiger partial charge < -0.3 is 0 Å². The van der Waals surface area contributed by atoms with Gasteiger partial charge in [-0.2, -0.15) is 0 Å². The Morgan fingerprint density at radius 2 is 1.29 bits per heavy atom. The van der Waals surface area contributed by atoms with Crippen LogP contribution in [0, 0.1) is 0 Å². The van der Waals surface area contributed by atoms with E-state index in [1.807, 2.05) is 0 Å². The van der Waals surface area contributed by atoms with Crippen LogP contribution in [-0.4, -0.2) is 58.8 Å². The summed E-state index contributed by atoms with van der Waals surface area (Å²) in [6.45, 7) is 0. The van der Waals surface area contributed by atoms with Crippen molar-refractivity contribution in [3.8, 4) is 0 Å². The number of carbonyl (C=O) groups is 2. The van der Waals surface area contributed by atoms with Gasteiger partial charge in [-0.3, -0.25) is 0 Å². The second kappa shape index (κ2) is 5.62. The van der Waals surface area contributed by atoms with Crippen LogP contribution in [0.3, 0.4) is 0 Å². The Bertz CT molecular complexity index is 329. The Morgan fingerprint density at radius 3 is 1.57 bits per heavy atom. The van der Waals surface area contributed by atoms with Crippen LogP contribution in [0.2, 0.25) is 0 Å². The summed E-state index contributed by atoms with van der Waals surface area (Å²) in [5.41, 5.74) is 0.527. The first-order chi connectivity index (χ1) is 6.70. The summed E-state index contributed by atoms with van der Waals surface area (Å²) in [7, 11) is 0. The molecule has 0 bridgehead atoms. The van der Waals surface area contributed by atoms with Gasteiger partial charge in [0, 0.05) is 0 Å². The number of hydrogen-bond acceptors (Lipinski definition) is 4. The standard InChI is InChI=1S/C8H6O4.2Sb.4H/c9-7(10)5-3-1-2-4-6(5)8(11)12;;;;;;/h1-4H,(H,9,10)(H,11,12);;;;;;/q;2*+1;;;;/p-2. The molecule has 74 valence electrons. The minimum atomic E-state index is -0.478. The Hall–Kier alpha value is -0.204. The fourth-order valence-corrected chi connectivity index (χ4v) is 1.69. The zero-order valence-electron chi connectivity index (χ0n) is 7.10. The zero-order valence-corrected chi connectivity index (χ0v) is 13.7. The van der Waals surface area contributed by atoms with Gasteiger partial charge in [0.15, 0.2) is 0 Å². The SMILES string of the molecule is O=C([O][SbH2])c1ccccc1C(=O)[O][SbH2]. The molecule has 0 spiro atoms. The van der Waals surface area contributed by atoms with Gasteiger partial charge in [-0.05, 0) is 0 Å². The third-order valence-corrected chi connectivity index (χ3v) is 2.80. The van der Waals surface area contributed by atoms with Crippen molar-refractivity contribution in [2.24, 2.45) is 0 Å². The average molecular weight is 412 g/mol. The van der Waals surface area contributed by atoms with Crippen molar-refractivity contribution in [2.75, 3.05) is 0 Å². The monoisotopic (exact) mass is 410 g/mol. The quantitative estimate of drug-likeness (QED) is 0.592. The first-order valence-corrected chi connectivity index (χ1v) is 6.31. The Balaban J connectivity index is 3.15. The molecule has 0 radical (unpaired) electrons. The molecule has 6 heteroatoms. The topological polar surface area (TPSA) is 52.6 Å². The van der Waals surface area contributed by atoms with Crippen molar-refractivity contribution in [2.45, 2.75) is 0 Å². The Morgan fingerprint density at radius 1 is 0.929 bits per heavy atom. The molecule has 4 nitrogen and oxygen atoms in total. The summed E-state index contributed by atoms with van der Waals surface area (Å²) < 4.78 is 9.33. The van der Waals surface area contributed by atoms with Crippen LogP contribution >= 0.6 is 0 Å². The van der Waals surface area contributed by atoms with E-state index >= 15 is 0 Å². The van der Waals surface area contributed by atoms with Gasteiger partial charge in [0.1, 0.15) is 0 Å². The molecular weight excluding hydrogens is 404 g/mol. The normalized spacial score (nSPS) is 9.29. The third kappa shape index (κ3) is 2.65. The van der Waals surface area contributed by atoms with E-state index in [1.165, 1.54) is 0 Å². The Labute approximate surface area is 109 Å². The van der Waals surface area contributed by atoms with Crippen molar-refractivity contribution in [1.82, 2.24) is 0 Å². The summed E-state index contributed by atoms with van der Waals surface area (Å²) in [5, 5.41) is 0. The fraction of sp³-hybridized carbons (Fsp3) is 0. The molecule has 1 aromatic carbocycles. The summed E-state index contributed by atoms with van der Waals surface area (Å²) in [5.74, 6) is -0.956. The number of carbonyl (C=O) groups excluding carboxylic acids is 2. The zero-order chi connectivity index (χ0) is 10.6. The van der Waals surface area contributed by atoms with Gasteiger partial charge in [0.25, 0.3) is 0 Å². The third-order valence-electron chi connectivity index (χ3n) is 1.58. The maximum absolute atomic E-state index is 11.3. The van der Waals surface area contributed by atoms with Crippen LogP contribution in [-0.2, 0) is 6.03 Å². The van der Waals surface area contributed by atoms with Crippen LogP contribution < -0.4 is 0 Å². The predicted octanol–water partition coefficient (Wildman–Crippen LogP) is -0.904. The number of hydrogen-bond donors (Lipinski definition) is 0. The molecule has 1 rings (SSSR count). The van der Waals surface area contributed by atoms with Gasteiger partial charge in [0.2, 0.25) is 0 Å². The molecular formula is C8H8O4Sb2. The molecule has 0 aliphatic rings. The van der Waals surface area contributed by atoms with Crippen LogP contribution in [0.5, 0.6) is 0 Å². The first kappa shape index (κ1) is 11.9. The van der Waals surface area contributed by atoms with Crippen molar-refractivity contribution in [3.05, 3.63) is 35.4 Å². The molecule has 14 heavy (non-hydrogen) atoms. The van der Waals surface area contributed by atoms with Crippen LogP contribution in [0.1, 0.15) is 20.7 Å². The summed E-state index contributed by atoms with van der Waals surface area (Å²) in [6.07, 6.45) is 0. The van der Waals surface area contributed by atoms with Crippen molar-refractivity contribution in [3.63, 3.8) is 0 Å². The van der Waals surface area contributed by atoms with Gasteiger partial charge in [-0.1, -0.05) is 0 Å². The molecule has 0 aromatic heterocycles. The Kier molecular flexibility index (Phi) is 4.77. The molecule has 0 atom stereocenters. The van der Waals surface area contributed by atoms with Crippen molar-refractivity contribution >= 4 is 58.8 Å². The summed E-state index contributed by atoms with van der Waals surface area (Å²) in [4.78, 5) is 22.5. The van der Waals surface area contributed by atoms with E-state index in [2.05, 4.69) is 6.03 Å². The van der Waals surface area contributed by atoms with E-state index in [1.54, 1.807) is 24.3 Å². The van der Waals surface area contributed by atoms with E-state index < -0.39 is 11.9 Å². The first-order valence-electron chi connectivity index (χ1n) is 3.62. The van der Waals surface area contributed by atoms with Crippen LogP contribution in [0.25, 0.3) is 0 Å². The predicted molar refractivity (Wildman–Crippen MR) is 54.4 cm³/mol.